The molecule has 124 valence electrons. The van der Waals surface area contributed by atoms with Crippen molar-refractivity contribution in [3.8, 4) is 5.69 Å². The van der Waals surface area contributed by atoms with Crippen molar-refractivity contribution >= 4 is 0 Å². The lowest BCUT2D eigenvalue weighted by Crippen LogP contribution is -2.44. The Morgan fingerprint density at radius 2 is 1.78 bits per heavy atom. The molecule has 0 unspecified atom stereocenters. The fourth-order valence-electron chi connectivity index (χ4n) is 3.67. The lowest BCUT2D eigenvalue weighted by atomic mass is 9.79. The monoisotopic (exact) mass is 320 g/mol. The molecule has 1 aliphatic rings. The van der Waals surface area contributed by atoms with Crippen molar-refractivity contribution in [2.24, 2.45) is 0 Å². The number of halogens is 2. The molecule has 0 saturated carbocycles. The maximum atomic E-state index is 13.9. The molecule has 5 heteroatoms. The van der Waals surface area contributed by atoms with E-state index in [9.17, 15) is 8.78 Å². The number of benzene rings is 1. The van der Waals surface area contributed by atoms with Crippen LogP contribution in [0.3, 0.4) is 0 Å². The Morgan fingerprint density at radius 1 is 1.13 bits per heavy atom. The molecule has 3 nitrogen and oxygen atoms in total. The van der Waals surface area contributed by atoms with Crippen molar-refractivity contribution in [2.45, 2.75) is 57.7 Å². The highest BCUT2D eigenvalue weighted by Crippen LogP contribution is 2.42. The molecule has 0 radical (unpaired) electrons. The van der Waals surface area contributed by atoms with Crippen LogP contribution in [0.15, 0.2) is 30.7 Å². The molecular weight excluding hydrogens is 298 g/mol. The molecule has 2 aromatic rings. The van der Waals surface area contributed by atoms with Gasteiger partial charge in [-0.2, -0.15) is 0 Å². The predicted octanol–water partition coefficient (Wildman–Crippen LogP) is 4.60. The summed E-state index contributed by atoms with van der Waals surface area (Å²) >= 11 is 0. The summed E-state index contributed by atoms with van der Waals surface area (Å²) in [5.74, 6) is -0.931. The van der Waals surface area contributed by atoms with E-state index in [2.05, 4.69) is 32.7 Å². The number of rotatable bonds is 2. The summed E-state index contributed by atoms with van der Waals surface area (Å²) < 4.78 is 34.7. The van der Waals surface area contributed by atoms with E-state index >= 15 is 0 Å². The minimum atomic E-state index is -0.596. The number of imidazole rings is 1. The first kappa shape index (κ1) is 16.1. The van der Waals surface area contributed by atoms with Gasteiger partial charge in [-0.3, -0.25) is 0 Å². The molecule has 0 N–H and O–H groups in total. The Labute approximate surface area is 135 Å². The van der Waals surface area contributed by atoms with Crippen LogP contribution in [0.4, 0.5) is 8.78 Å². The molecule has 0 atom stereocenters. The first-order chi connectivity index (χ1) is 10.7. The molecule has 2 heterocycles. The average Bonchev–Trinajstić information content (AvgIpc) is 2.84. The van der Waals surface area contributed by atoms with E-state index in [1.165, 1.54) is 12.1 Å². The Bertz CT molecular complexity index is 706. The summed E-state index contributed by atoms with van der Waals surface area (Å²) in [6.45, 7) is 8.32. The van der Waals surface area contributed by atoms with E-state index in [1.807, 2.05) is 6.20 Å². The summed E-state index contributed by atoms with van der Waals surface area (Å²) in [6, 6.07) is 3.56. The Kier molecular flexibility index (Phi) is 3.79. The lowest BCUT2D eigenvalue weighted by Gasteiger charge is -2.45. The highest BCUT2D eigenvalue weighted by atomic mass is 19.1. The van der Waals surface area contributed by atoms with Gasteiger partial charge in [-0.15, -0.1) is 0 Å². The summed E-state index contributed by atoms with van der Waals surface area (Å²) in [5, 5.41) is 0. The van der Waals surface area contributed by atoms with Gasteiger partial charge in [-0.25, -0.2) is 13.8 Å². The molecule has 0 amide bonds. The Morgan fingerprint density at radius 3 is 2.39 bits per heavy atom. The van der Waals surface area contributed by atoms with Gasteiger partial charge < -0.3 is 9.30 Å². The molecule has 0 aliphatic carbocycles. The third kappa shape index (κ3) is 3.44. The van der Waals surface area contributed by atoms with Crippen molar-refractivity contribution in [1.29, 1.82) is 0 Å². The van der Waals surface area contributed by atoms with Crippen LogP contribution in [-0.2, 0) is 4.74 Å². The number of aromatic nitrogens is 2. The zero-order valence-electron chi connectivity index (χ0n) is 13.9. The second-order valence-electron chi connectivity index (χ2n) is 7.53. The maximum Gasteiger partial charge on any atom is 0.150 e. The van der Waals surface area contributed by atoms with Crippen molar-refractivity contribution in [2.75, 3.05) is 0 Å². The van der Waals surface area contributed by atoms with Gasteiger partial charge in [0.2, 0.25) is 0 Å². The smallest absolute Gasteiger partial charge is 0.150 e. The van der Waals surface area contributed by atoms with Crippen LogP contribution in [0, 0.1) is 11.6 Å². The summed E-state index contributed by atoms with van der Waals surface area (Å²) in [4.78, 5) is 4.46. The average molecular weight is 320 g/mol. The maximum absolute atomic E-state index is 13.9. The summed E-state index contributed by atoms with van der Waals surface area (Å²) in [6.07, 6.45) is 5.14. The second kappa shape index (κ2) is 5.41. The first-order valence-corrected chi connectivity index (χ1v) is 7.85. The van der Waals surface area contributed by atoms with Gasteiger partial charge in [0.15, 0.2) is 0 Å². The minimum Gasteiger partial charge on any atom is -0.370 e. The van der Waals surface area contributed by atoms with E-state index < -0.39 is 11.6 Å². The first-order valence-electron chi connectivity index (χ1n) is 7.85. The van der Waals surface area contributed by atoms with Gasteiger partial charge in [0.25, 0.3) is 0 Å². The van der Waals surface area contributed by atoms with Crippen LogP contribution < -0.4 is 0 Å². The van der Waals surface area contributed by atoms with E-state index in [0.29, 0.717) is 5.69 Å². The van der Waals surface area contributed by atoms with Crippen molar-refractivity contribution in [1.82, 2.24) is 9.55 Å². The van der Waals surface area contributed by atoms with Gasteiger partial charge in [-0.1, -0.05) is 0 Å². The summed E-state index contributed by atoms with van der Waals surface area (Å²) in [5.41, 5.74) is 0.767. The van der Waals surface area contributed by atoms with Crippen molar-refractivity contribution in [3.63, 3.8) is 0 Å². The van der Waals surface area contributed by atoms with E-state index in [0.717, 1.165) is 24.6 Å². The highest BCUT2D eigenvalue weighted by molar-refractivity contribution is 5.34. The van der Waals surface area contributed by atoms with Crippen LogP contribution in [0.25, 0.3) is 5.69 Å². The lowest BCUT2D eigenvalue weighted by molar-refractivity contribution is -0.162. The SMILES string of the molecule is CC1(C)CC(c2cn(-c3ccc(F)cc3F)cn2)CC(C)(C)O1. The zero-order valence-corrected chi connectivity index (χ0v) is 13.9. The Balaban J connectivity index is 1.90. The van der Waals surface area contributed by atoms with Gasteiger partial charge in [-0.05, 0) is 52.7 Å². The van der Waals surface area contributed by atoms with Crippen LogP contribution in [-0.4, -0.2) is 20.8 Å². The number of hydrogen-bond donors (Lipinski definition) is 0. The van der Waals surface area contributed by atoms with Crippen molar-refractivity contribution in [3.05, 3.63) is 48.1 Å². The molecule has 1 aliphatic heterocycles. The molecule has 1 saturated heterocycles. The molecule has 0 bridgehead atoms. The summed E-state index contributed by atoms with van der Waals surface area (Å²) in [7, 11) is 0. The number of hydrogen-bond acceptors (Lipinski definition) is 2. The fourth-order valence-corrected chi connectivity index (χ4v) is 3.67. The van der Waals surface area contributed by atoms with Gasteiger partial charge in [0.05, 0.1) is 28.9 Å². The van der Waals surface area contributed by atoms with Crippen LogP contribution in [0.5, 0.6) is 0 Å². The molecule has 1 fully saturated rings. The van der Waals surface area contributed by atoms with E-state index in [4.69, 9.17) is 4.74 Å². The molecule has 1 aromatic heterocycles. The standard InChI is InChI=1S/C18H22F2N2O/c1-17(2)8-12(9-18(3,4)23-17)15-10-22(11-21-15)16-6-5-13(19)7-14(16)20/h5-7,10-12H,8-9H2,1-4H3. The van der Waals surface area contributed by atoms with E-state index in [1.54, 1.807) is 10.9 Å². The molecule has 0 spiro atoms. The molecular formula is C18H22F2N2O. The predicted molar refractivity (Wildman–Crippen MR) is 84.7 cm³/mol. The van der Waals surface area contributed by atoms with Crippen LogP contribution in [0.1, 0.15) is 52.1 Å². The second-order valence-corrected chi connectivity index (χ2v) is 7.53. The topological polar surface area (TPSA) is 27.1 Å². The third-order valence-corrected chi connectivity index (χ3v) is 4.24. The normalized spacial score (nSPS) is 20.6. The van der Waals surface area contributed by atoms with E-state index in [-0.39, 0.29) is 17.1 Å². The Hall–Kier alpha value is -1.75. The van der Waals surface area contributed by atoms with Gasteiger partial charge in [0.1, 0.15) is 11.6 Å². The molecule has 3 rings (SSSR count). The van der Waals surface area contributed by atoms with Crippen LogP contribution >= 0.6 is 0 Å². The van der Waals surface area contributed by atoms with Gasteiger partial charge >= 0.3 is 0 Å². The minimum absolute atomic E-state index is 0.225. The van der Waals surface area contributed by atoms with Gasteiger partial charge in [0, 0.05) is 18.2 Å². The third-order valence-electron chi connectivity index (χ3n) is 4.24. The quantitative estimate of drug-likeness (QED) is 0.808. The number of nitrogens with zero attached hydrogens (tertiary/aromatic N) is 2. The molecule has 23 heavy (non-hydrogen) atoms. The zero-order chi connectivity index (χ0) is 16.8. The van der Waals surface area contributed by atoms with Crippen LogP contribution in [0.2, 0.25) is 0 Å². The van der Waals surface area contributed by atoms with Crippen molar-refractivity contribution < 1.29 is 13.5 Å². The highest BCUT2D eigenvalue weighted by Gasteiger charge is 2.40. The molecule has 1 aromatic carbocycles. The fraction of sp³-hybridized carbons (Fsp3) is 0.500. The largest absolute Gasteiger partial charge is 0.370 e. The number of ether oxygens (including phenoxy) is 1.